The number of hydrogen-bond donors (Lipinski definition) is 1. The second-order valence-electron chi connectivity index (χ2n) is 4.83. The molecule has 0 aliphatic rings. The maximum atomic E-state index is 5.54. The smallest absolute Gasteiger partial charge is 0.0713 e. The molecule has 1 nitrogen and oxygen atoms in total. The SMILES string of the molecule is CC(C)(C)c1ccc(CCNCCl)cc1. The summed E-state index contributed by atoms with van der Waals surface area (Å²) in [4.78, 5) is 0. The largest absolute Gasteiger partial charge is 0.304 e. The van der Waals surface area contributed by atoms with Crippen LogP contribution in [0.15, 0.2) is 24.3 Å². The Morgan fingerprint density at radius 1 is 1.13 bits per heavy atom. The van der Waals surface area contributed by atoms with E-state index in [2.05, 4.69) is 50.4 Å². The first-order chi connectivity index (χ1) is 7.04. The van der Waals surface area contributed by atoms with E-state index in [1.54, 1.807) is 0 Å². The van der Waals surface area contributed by atoms with Crippen LogP contribution in [0, 0.1) is 0 Å². The van der Waals surface area contributed by atoms with E-state index in [1.807, 2.05) is 0 Å². The van der Waals surface area contributed by atoms with Gasteiger partial charge in [0.1, 0.15) is 0 Å². The third-order valence-corrected chi connectivity index (χ3v) is 2.69. The lowest BCUT2D eigenvalue weighted by molar-refractivity contribution is 0.590. The molecule has 0 aromatic heterocycles. The minimum Gasteiger partial charge on any atom is -0.304 e. The summed E-state index contributed by atoms with van der Waals surface area (Å²) in [6.07, 6.45) is 1.04. The molecule has 0 aliphatic heterocycles. The summed E-state index contributed by atoms with van der Waals surface area (Å²) in [5.74, 6) is 0. The molecular weight excluding hydrogens is 206 g/mol. The van der Waals surface area contributed by atoms with Gasteiger partial charge in [-0.1, -0.05) is 45.0 Å². The van der Waals surface area contributed by atoms with Crippen LogP contribution in [0.1, 0.15) is 31.9 Å². The molecule has 0 unspecified atom stereocenters. The normalized spacial score (nSPS) is 11.7. The van der Waals surface area contributed by atoms with E-state index in [0.29, 0.717) is 6.00 Å². The molecule has 84 valence electrons. The fourth-order valence-electron chi connectivity index (χ4n) is 1.47. The number of alkyl halides is 1. The molecule has 0 spiro atoms. The second-order valence-corrected chi connectivity index (χ2v) is 5.10. The molecule has 0 saturated heterocycles. The van der Waals surface area contributed by atoms with Crippen LogP contribution in [0.2, 0.25) is 0 Å². The molecule has 0 fully saturated rings. The van der Waals surface area contributed by atoms with Crippen molar-refractivity contribution in [2.75, 3.05) is 12.5 Å². The van der Waals surface area contributed by atoms with E-state index in [1.165, 1.54) is 11.1 Å². The van der Waals surface area contributed by atoms with Crippen LogP contribution in [-0.2, 0) is 11.8 Å². The van der Waals surface area contributed by atoms with E-state index >= 15 is 0 Å². The highest BCUT2D eigenvalue weighted by Gasteiger charge is 2.12. The molecule has 1 aromatic rings. The molecule has 0 bridgehead atoms. The lowest BCUT2D eigenvalue weighted by Gasteiger charge is -2.19. The van der Waals surface area contributed by atoms with Gasteiger partial charge in [-0.25, -0.2) is 0 Å². The summed E-state index contributed by atoms with van der Waals surface area (Å²) >= 11 is 5.54. The predicted octanol–water partition coefficient (Wildman–Crippen LogP) is 3.31. The van der Waals surface area contributed by atoms with Gasteiger partial charge in [0, 0.05) is 6.54 Å². The highest BCUT2D eigenvalue weighted by Crippen LogP contribution is 2.22. The van der Waals surface area contributed by atoms with Gasteiger partial charge >= 0.3 is 0 Å². The van der Waals surface area contributed by atoms with Crippen molar-refractivity contribution in [1.29, 1.82) is 0 Å². The van der Waals surface area contributed by atoms with E-state index in [0.717, 1.165) is 13.0 Å². The first-order valence-corrected chi connectivity index (χ1v) is 5.93. The van der Waals surface area contributed by atoms with Crippen molar-refractivity contribution in [1.82, 2.24) is 5.32 Å². The molecule has 15 heavy (non-hydrogen) atoms. The van der Waals surface area contributed by atoms with E-state index in [-0.39, 0.29) is 5.41 Å². The van der Waals surface area contributed by atoms with Crippen LogP contribution < -0.4 is 5.32 Å². The Labute approximate surface area is 97.8 Å². The first kappa shape index (κ1) is 12.5. The summed E-state index contributed by atoms with van der Waals surface area (Å²) in [5.41, 5.74) is 2.99. The van der Waals surface area contributed by atoms with Gasteiger partial charge in [0.25, 0.3) is 0 Å². The summed E-state index contributed by atoms with van der Waals surface area (Å²) < 4.78 is 0. The monoisotopic (exact) mass is 225 g/mol. The van der Waals surface area contributed by atoms with Gasteiger partial charge in [-0.05, 0) is 23.0 Å². The molecule has 2 heteroatoms. The Morgan fingerprint density at radius 3 is 2.20 bits per heavy atom. The maximum absolute atomic E-state index is 5.54. The van der Waals surface area contributed by atoms with Gasteiger partial charge in [-0.15, -0.1) is 11.6 Å². The van der Waals surface area contributed by atoms with Crippen LogP contribution in [0.4, 0.5) is 0 Å². The Hall–Kier alpha value is -0.530. The average Bonchev–Trinajstić information content (AvgIpc) is 2.18. The van der Waals surface area contributed by atoms with Crippen molar-refractivity contribution in [3.63, 3.8) is 0 Å². The molecule has 0 atom stereocenters. The summed E-state index contributed by atoms with van der Waals surface area (Å²) in [7, 11) is 0. The van der Waals surface area contributed by atoms with Crippen LogP contribution in [-0.4, -0.2) is 12.5 Å². The van der Waals surface area contributed by atoms with Gasteiger partial charge < -0.3 is 5.32 Å². The van der Waals surface area contributed by atoms with Crippen LogP contribution in [0.5, 0.6) is 0 Å². The Balaban J connectivity index is 2.57. The predicted molar refractivity (Wildman–Crippen MR) is 67.6 cm³/mol. The van der Waals surface area contributed by atoms with Crippen molar-refractivity contribution >= 4 is 11.6 Å². The summed E-state index contributed by atoms with van der Waals surface area (Å²) in [5, 5.41) is 3.11. The van der Waals surface area contributed by atoms with Gasteiger partial charge in [0.15, 0.2) is 0 Å². The van der Waals surface area contributed by atoms with E-state index < -0.39 is 0 Å². The van der Waals surface area contributed by atoms with Gasteiger partial charge in [0.05, 0.1) is 6.00 Å². The lowest BCUT2D eigenvalue weighted by Crippen LogP contribution is -2.15. The Morgan fingerprint density at radius 2 is 1.73 bits per heavy atom. The minimum absolute atomic E-state index is 0.243. The zero-order chi connectivity index (χ0) is 11.3. The van der Waals surface area contributed by atoms with E-state index in [4.69, 9.17) is 11.6 Å². The molecule has 0 amide bonds. The number of halogens is 1. The maximum Gasteiger partial charge on any atom is 0.0713 e. The highest BCUT2D eigenvalue weighted by molar-refractivity contribution is 6.17. The van der Waals surface area contributed by atoms with Crippen molar-refractivity contribution in [2.45, 2.75) is 32.6 Å². The second kappa shape index (κ2) is 5.53. The first-order valence-electron chi connectivity index (χ1n) is 5.40. The molecular formula is C13H20ClN. The highest BCUT2D eigenvalue weighted by atomic mass is 35.5. The summed E-state index contributed by atoms with van der Waals surface area (Å²) in [6.45, 7) is 7.64. The molecule has 1 rings (SSSR count). The van der Waals surface area contributed by atoms with Gasteiger partial charge in [-0.2, -0.15) is 0 Å². The number of benzene rings is 1. The number of hydrogen-bond acceptors (Lipinski definition) is 1. The standard InChI is InChI=1S/C13H20ClN/c1-13(2,3)12-6-4-11(5-7-12)8-9-15-10-14/h4-7,15H,8-10H2,1-3H3. The molecule has 1 aromatic carbocycles. The third kappa shape index (κ3) is 4.23. The van der Waals surface area contributed by atoms with Crippen LogP contribution in [0.3, 0.4) is 0 Å². The van der Waals surface area contributed by atoms with Crippen LogP contribution in [0.25, 0.3) is 0 Å². The average molecular weight is 226 g/mol. The molecule has 0 saturated carbocycles. The lowest BCUT2D eigenvalue weighted by atomic mass is 9.86. The zero-order valence-electron chi connectivity index (χ0n) is 9.81. The number of nitrogens with one attached hydrogen (secondary N) is 1. The van der Waals surface area contributed by atoms with Crippen LogP contribution >= 0.6 is 11.6 Å². The number of rotatable bonds is 4. The van der Waals surface area contributed by atoms with Gasteiger partial charge in [-0.3, -0.25) is 0 Å². The molecule has 1 N–H and O–H groups in total. The fourth-order valence-corrected chi connectivity index (χ4v) is 1.60. The fraction of sp³-hybridized carbons (Fsp3) is 0.538. The van der Waals surface area contributed by atoms with Crippen molar-refractivity contribution in [3.05, 3.63) is 35.4 Å². The van der Waals surface area contributed by atoms with Gasteiger partial charge in [0.2, 0.25) is 0 Å². The minimum atomic E-state index is 0.243. The Bertz CT molecular complexity index is 284. The summed E-state index contributed by atoms with van der Waals surface area (Å²) in [6, 6.07) is 9.37. The topological polar surface area (TPSA) is 12.0 Å². The van der Waals surface area contributed by atoms with E-state index in [9.17, 15) is 0 Å². The van der Waals surface area contributed by atoms with Crippen molar-refractivity contribution < 1.29 is 0 Å². The quantitative estimate of drug-likeness (QED) is 0.471. The molecule has 0 radical (unpaired) electrons. The molecule has 0 aliphatic carbocycles. The van der Waals surface area contributed by atoms with Crippen molar-refractivity contribution in [3.8, 4) is 0 Å². The molecule has 0 heterocycles. The van der Waals surface area contributed by atoms with Crippen molar-refractivity contribution in [2.24, 2.45) is 0 Å². The Kier molecular flexibility index (Phi) is 4.62. The zero-order valence-corrected chi connectivity index (χ0v) is 10.6. The third-order valence-electron chi connectivity index (χ3n) is 2.50.